The predicted molar refractivity (Wildman–Crippen MR) is 70.7 cm³/mol. The van der Waals surface area contributed by atoms with Crippen molar-refractivity contribution in [2.24, 2.45) is 0 Å². The zero-order chi connectivity index (χ0) is 15.6. The van der Waals surface area contributed by atoms with E-state index in [1.54, 1.807) is 0 Å². The number of anilines is 1. The topological polar surface area (TPSA) is 90.4 Å². The highest BCUT2D eigenvalue weighted by Crippen LogP contribution is 2.35. The second-order valence-corrected chi connectivity index (χ2v) is 4.36. The summed E-state index contributed by atoms with van der Waals surface area (Å²) in [5, 5.41) is 11.0. The first-order valence-electron chi connectivity index (χ1n) is 5.74. The van der Waals surface area contributed by atoms with E-state index in [9.17, 15) is 13.6 Å². The Balaban J connectivity index is 2.53. The normalized spacial score (nSPS) is 26.7. The second-order valence-electron chi connectivity index (χ2n) is 4.17. The molecule has 0 saturated carbocycles. The molecular weight excluding hydrogens is 308 g/mol. The van der Waals surface area contributed by atoms with Crippen LogP contribution < -0.4 is 11.4 Å². The average molecular weight is 318 g/mol. The van der Waals surface area contributed by atoms with E-state index in [1.165, 1.54) is 0 Å². The molecule has 3 atom stereocenters. The van der Waals surface area contributed by atoms with Crippen LogP contribution in [0.1, 0.15) is 11.8 Å². The predicted octanol–water partition coefficient (Wildman–Crippen LogP) is 0.455. The van der Waals surface area contributed by atoms with Crippen LogP contribution in [0.3, 0.4) is 0 Å². The van der Waals surface area contributed by atoms with Crippen molar-refractivity contribution >= 4 is 17.4 Å². The molecule has 0 aliphatic carbocycles. The van der Waals surface area contributed by atoms with E-state index in [-0.39, 0.29) is 17.7 Å². The molecule has 3 N–H and O–H groups in total. The Morgan fingerprint density at radius 2 is 2.38 bits per heavy atom. The van der Waals surface area contributed by atoms with E-state index in [4.69, 9.17) is 27.2 Å². The van der Waals surface area contributed by atoms with Gasteiger partial charge in [-0.2, -0.15) is 4.98 Å². The largest absolute Gasteiger partial charge is 0.394 e. The van der Waals surface area contributed by atoms with Crippen molar-refractivity contribution in [3.05, 3.63) is 34.1 Å². The highest BCUT2D eigenvalue weighted by molar-refractivity contribution is 6.30. The number of ether oxygens (including phenoxy) is 1. The number of halogens is 3. The van der Waals surface area contributed by atoms with Crippen molar-refractivity contribution in [3.63, 3.8) is 0 Å². The molecule has 9 heteroatoms. The lowest BCUT2D eigenvalue weighted by molar-refractivity contribution is -0.0322. The summed E-state index contributed by atoms with van der Waals surface area (Å²) in [5.74, 6) is 2.23. The molecule has 2 heterocycles. The van der Waals surface area contributed by atoms with Crippen molar-refractivity contribution in [1.82, 2.24) is 9.55 Å². The summed E-state index contributed by atoms with van der Waals surface area (Å²) < 4.78 is 32.7. The molecule has 2 rings (SSSR count). The molecule has 0 amide bonds. The van der Waals surface area contributed by atoms with Crippen LogP contribution in [-0.2, 0) is 4.74 Å². The molecule has 1 aliphatic rings. The molecular formula is C12H10ClF2N3O3. The minimum atomic E-state index is -1.88. The second kappa shape index (κ2) is 6.22. The summed E-state index contributed by atoms with van der Waals surface area (Å²) in [6.07, 6.45) is -3.39. The molecule has 1 fully saturated rings. The quantitative estimate of drug-likeness (QED) is 0.773. The third-order valence-electron chi connectivity index (χ3n) is 2.96. The molecule has 1 aromatic rings. The highest BCUT2D eigenvalue weighted by atomic mass is 35.5. The van der Waals surface area contributed by atoms with Crippen LogP contribution in [0.4, 0.5) is 14.6 Å². The smallest absolute Gasteiger partial charge is 0.351 e. The number of aliphatic hydroxyl groups is 1. The van der Waals surface area contributed by atoms with Crippen molar-refractivity contribution in [1.29, 1.82) is 0 Å². The number of nitrogens with two attached hydrogens (primary N) is 1. The Bertz CT molecular complexity index is 695. The fourth-order valence-corrected chi connectivity index (χ4v) is 2.04. The van der Waals surface area contributed by atoms with Gasteiger partial charge in [-0.15, -0.1) is 0 Å². The van der Waals surface area contributed by atoms with Crippen LogP contribution in [0, 0.1) is 11.3 Å². The van der Waals surface area contributed by atoms with Gasteiger partial charge in [-0.1, -0.05) is 0 Å². The molecule has 1 aliphatic heterocycles. The van der Waals surface area contributed by atoms with Gasteiger partial charge in [0.2, 0.25) is 0 Å². The van der Waals surface area contributed by atoms with Crippen LogP contribution in [0.5, 0.6) is 0 Å². The number of nitrogens with zero attached hydrogens (tertiary/aromatic N) is 2. The summed E-state index contributed by atoms with van der Waals surface area (Å²) >= 11 is 5.26. The van der Waals surface area contributed by atoms with Gasteiger partial charge in [0, 0.05) is 17.1 Å². The van der Waals surface area contributed by atoms with Crippen LogP contribution in [0.25, 0.3) is 0 Å². The number of aromatic nitrogens is 2. The molecule has 6 nitrogen and oxygen atoms in total. The van der Waals surface area contributed by atoms with Crippen LogP contribution in [0.15, 0.2) is 22.9 Å². The maximum absolute atomic E-state index is 13.8. The van der Waals surface area contributed by atoms with E-state index in [0.717, 1.165) is 10.8 Å². The fraction of sp³-hybridized carbons (Fsp3) is 0.333. The average Bonchev–Trinajstić information content (AvgIpc) is 2.78. The Kier molecular flexibility index (Phi) is 4.57. The summed E-state index contributed by atoms with van der Waals surface area (Å²) in [5.41, 5.74) is 4.29. The molecule has 0 bridgehead atoms. The lowest BCUT2D eigenvalue weighted by Crippen LogP contribution is -2.29. The van der Waals surface area contributed by atoms with Crippen molar-refractivity contribution in [2.45, 2.75) is 18.5 Å². The van der Waals surface area contributed by atoms with E-state index >= 15 is 0 Å². The van der Waals surface area contributed by atoms with Gasteiger partial charge in [-0.05, 0) is 17.5 Å². The summed E-state index contributed by atoms with van der Waals surface area (Å²) in [6, 6.07) is 0. The van der Waals surface area contributed by atoms with Gasteiger partial charge in [0.05, 0.1) is 18.5 Å². The van der Waals surface area contributed by atoms with Crippen molar-refractivity contribution in [2.75, 3.05) is 12.3 Å². The molecule has 3 unspecified atom stereocenters. The monoisotopic (exact) mass is 317 g/mol. The molecule has 1 saturated heterocycles. The van der Waals surface area contributed by atoms with Crippen LogP contribution in [-0.4, -0.2) is 33.5 Å². The molecule has 112 valence electrons. The maximum atomic E-state index is 13.8. The first-order chi connectivity index (χ1) is 10.0. The Hall–Kier alpha value is -1.95. The number of aliphatic hydroxyl groups excluding tert-OH is 1. The van der Waals surface area contributed by atoms with E-state index < -0.39 is 36.4 Å². The van der Waals surface area contributed by atoms with Gasteiger partial charge in [0.15, 0.2) is 12.4 Å². The minimum absolute atomic E-state index is 0.000686. The molecule has 0 radical (unpaired) electrons. The first-order valence-corrected chi connectivity index (χ1v) is 6.12. The third-order valence-corrected chi connectivity index (χ3v) is 3.05. The summed E-state index contributed by atoms with van der Waals surface area (Å²) in [6.45, 7) is -0.666. The lowest BCUT2D eigenvalue weighted by Gasteiger charge is -2.15. The Morgan fingerprint density at radius 3 is 2.95 bits per heavy atom. The highest BCUT2D eigenvalue weighted by Gasteiger charge is 2.41. The number of nitrogen functional groups attached to an aromatic ring is 1. The van der Waals surface area contributed by atoms with Gasteiger partial charge in [0.1, 0.15) is 11.9 Å². The van der Waals surface area contributed by atoms with Gasteiger partial charge in [0.25, 0.3) is 0 Å². The number of rotatable bonds is 2. The van der Waals surface area contributed by atoms with Gasteiger partial charge in [-0.25, -0.2) is 13.6 Å². The van der Waals surface area contributed by atoms with E-state index in [2.05, 4.69) is 16.3 Å². The lowest BCUT2D eigenvalue weighted by atomic mass is 10.1. The van der Waals surface area contributed by atoms with E-state index in [0.29, 0.717) is 0 Å². The number of alkyl halides is 1. The molecule has 0 spiro atoms. The minimum Gasteiger partial charge on any atom is -0.394 e. The first kappa shape index (κ1) is 15.4. The van der Waals surface area contributed by atoms with Crippen molar-refractivity contribution < 1.29 is 18.6 Å². The molecule has 0 aromatic carbocycles. The Labute approximate surface area is 122 Å². The third kappa shape index (κ3) is 2.76. The van der Waals surface area contributed by atoms with Crippen molar-refractivity contribution in [3.8, 4) is 11.3 Å². The zero-order valence-electron chi connectivity index (χ0n) is 10.5. The van der Waals surface area contributed by atoms with Gasteiger partial charge < -0.3 is 15.6 Å². The van der Waals surface area contributed by atoms with Crippen LogP contribution >= 0.6 is 11.6 Å². The van der Waals surface area contributed by atoms with Gasteiger partial charge in [-0.3, -0.25) is 4.57 Å². The Morgan fingerprint density at radius 1 is 1.67 bits per heavy atom. The number of hydrogen-bond donors (Lipinski definition) is 2. The fourth-order valence-electron chi connectivity index (χ4n) is 1.94. The maximum Gasteiger partial charge on any atom is 0.351 e. The molecule has 1 aromatic heterocycles. The summed E-state index contributed by atoms with van der Waals surface area (Å²) in [7, 11) is 0. The van der Waals surface area contributed by atoms with Crippen LogP contribution in [0.2, 0.25) is 0 Å². The zero-order valence-corrected chi connectivity index (χ0v) is 11.2. The standard InChI is InChI=1S/C12H10ClF2N3O3/c13-2-1-6-4-18(12(20)17-10(6)16)11-7(3-14)9(15)8(5-19)21-11/h3-4,8-9,11,19H,5H2,(H2,16,17,20)/b7-3+. The van der Waals surface area contributed by atoms with Gasteiger partial charge >= 0.3 is 5.69 Å². The SMILES string of the molecule is Nc1nc(=O)n(C2OC(CO)C(F)/C2=C\F)cc1C#CCl. The molecule has 21 heavy (non-hydrogen) atoms. The number of hydrogen-bond acceptors (Lipinski definition) is 5. The van der Waals surface area contributed by atoms with E-state index in [1.807, 2.05) is 0 Å². The summed E-state index contributed by atoms with van der Waals surface area (Å²) in [4.78, 5) is 15.3.